The van der Waals surface area contributed by atoms with Crippen LogP contribution in [0.15, 0.2) is 35.4 Å². The lowest BCUT2D eigenvalue weighted by molar-refractivity contribution is -0.117. The lowest BCUT2D eigenvalue weighted by atomic mass is 9.92. The number of nitrogens with one attached hydrogen (secondary N) is 2. The Kier molecular flexibility index (Phi) is 5.52. The molecule has 3 aliphatic rings. The Labute approximate surface area is 208 Å². The molecular weight excluding hydrogens is 458 g/mol. The fourth-order valence-electron chi connectivity index (χ4n) is 5.54. The van der Waals surface area contributed by atoms with Gasteiger partial charge in [-0.15, -0.1) is 0 Å². The standard InChI is InChI=1S/C27H29N5O4/c1-31-13-16(10-22(27(31)36)30-25(34)15-5-6-15)18-7-8-28-24(20(18)14-33)21-12-23-19(26(35)29-21)11-17-4-2-3-9-32(17)23/h7-8,10-11,13,15,21,33H,2-6,9,12,14H2,1H3,(H,29,35)(H,30,34). The molecule has 0 spiro atoms. The molecular formula is C27H29N5O4. The third kappa shape index (κ3) is 3.83. The molecule has 1 saturated carbocycles. The number of rotatable bonds is 5. The summed E-state index contributed by atoms with van der Waals surface area (Å²) in [5.41, 5.74) is 5.48. The maximum absolute atomic E-state index is 13.0. The first kappa shape index (κ1) is 22.7. The van der Waals surface area contributed by atoms with Gasteiger partial charge in [-0.05, 0) is 55.9 Å². The molecule has 3 N–H and O–H groups in total. The van der Waals surface area contributed by atoms with Crippen molar-refractivity contribution >= 4 is 17.5 Å². The second-order valence-electron chi connectivity index (χ2n) is 10.0. The van der Waals surface area contributed by atoms with Crippen LogP contribution in [0.5, 0.6) is 0 Å². The number of fused-ring (bicyclic) bond motifs is 3. The van der Waals surface area contributed by atoms with Crippen LogP contribution in [-0.2, 0) is 37.8 Å². The normalized spacial score (nSPS) is 18.8. The maximum atomic E-state index is 13.0. The highest BCUT2D eigenvalue weighted by molar-refractivity contribution is 5.97. The molecule has 5 heterocycles. The molecule has 1 fully saturated rings. The molecule has 0 radical (unpaired) electrons. The number of carbonyl (C=O) groups excluding carboxylic acids is 2. The van der Waals surface area contributed by atoms with E-state index < -0.39 is 0 Å². The smallest absolute Gasteiger partial charge is 0.274 e. The third-order valence-corrected chi connectivity index (χ3v) is 7.58. The summed E-state index contributed by atoms with van der Waals surface area (Å²) in [5.74, 6) is -0.289. The van der Waals surface area contributed by atoms with E-state index in [0.29, 0.717) is 28.8 Å². The molecule has 3 aromatic heterocycles. The number of aromatic nitrogens is 3. The SMILES string of the molecule is Cn1cc(-c2ccnc(C3Cc4c(cc5n4CCCC5)C(=O)N3)c2CO)cc(NC(=O)C2CC2)c1=O. The molecule has 0 aromatic carbocycles. The lowest BCUT2D eigenvalue weighted by Gasteiger charge is -2.28. The van der Waals surface area contributed by atoms with E-state index in [9.17, 15) is 19.5 Å². The zero-order chi connectivity index (χ0) is 25.0. The van der Waals surface area contributed by atoms with Gasteiger partial charge in [0.15, 0.2) is 0 Å². The van der Waals surface area contributed by atoms with Crippen molar-refractivity contribution in [3.63, 3.8) is 0 Å². The van der Waals surface area contributed by atoms with E-state index >= 15 is 0 Å². The highest BCUT2D eigenvalue weighted by atomic mass is 16.3. The van der Waals surface area contributed by atoms with Crippen molar-refractivity contribution < 1.29 is 14.7 Å². The van der Waals surface area contributed by atoms with Crippen molar-refractivity contribution in [1.29, 1.82) is 0 Å². The van der Waals surface area contributed by atoms with Gasteiger partial charge in [0.1, 0.15) is 5.69 Å². The van der Waals surface area contributed by atoms with E-state index in [1.807, 2.05) is 6.07 Å². The molecule has 9 nitrogen and oxygen atoms in total. The first-order valence-corrected chi connectivity index (χ1v) is 12.6. The van der Waals surface area contributed by atoms with Crippen molar-refractivity contribution in [3.05, 3.63) is 69.2 Å². The molecule has 0 bridgehead atoms. The molecule has 2 amide bonds. The number of aliphatic hydroxyl groups is 1. The van der Waals surface area contributed by atoms with Gasteiger partial charge in [0.25, 0.3) is 11.5 Å². The quantitative estimate of drug-likeness (QED) is 0.511. The van der Waals surface area contributed by atoms with Crippen LogP contribution in [0, 0.1) is 5.92 Å². The Morgan fingerprint density at radius 3 is 2.83 bits per heavy atom. The largest absolute Gasteiger partial charge is 0.392 e. The van der Waals surface area contributed by atoms with Gasteiger partial charge in [0, 0.05) is 60.8 Å². The number of hydrogen-bond acceptors (Lipinski definition) is 5. The highest BCUT2D eigenvalue weighted by Crippen LogP contribution is 2.35. The molecule has 186 valence electrons. The van der Waals surface area contributed by atoms with Gasteiger partial charge in [-0.2, -0.15) is 0 Å². The summed E-state index contributed by atoms with van der Waals surface area (Å²) in [6, 6.07) is 5.08. The van der Waals surface area contributed by atoms with E-state index in [2.05, 4.69) is 20.2 Å². The van der Waals surface area contributed by atoms with E-state index in [1.165, 1.54) is 10.3 Å². The van der Waals surface area contributed by atoms with Crippen molar-refractivity contribution in [1.82, 2.24) is 19.4 Å². The summed E-state index contributed by atoms with van der Waals surface area (Å²) in [7, 11) is 1.64. The Bertz CT molecular complexity index is 1450. The van der Waals surface area contributed by atoms with Crippen molar-refractivity contribution in [2.45, 2.75) is 57.7 Å². The summed E-state index contributed by atoms with van der Waals surface area (Å²) in [4.78, 5) is 42.6. The summed E-state index contributed by atoms with van der Waals surface area (Å²) in [6.45, 7) is 0.634. The summed E-state index contributed by atoms with van der Waals surface area (Å²) >= 11 is 0. The predicted octanol–water partition coefficient (Wildman–Crippen LogP) is 2.45. The molecule has 0 saturated heterocycles. The number of aryl methyl sites for hydroxylation is 2. The monoisotopic (exact) mass is 487 g/mol. The van der Waals surface area contributed by atoms with Crippen LogP contribution in [-0.4, -0.2) is 31.0 Å². The summed E-state index contributed by atoms with van der Waals surface area (Å²) < 4.78 is 3.70. The Hall–Kier alpha value is -3.72. The molecule has 3 aromatic rings. The van der Waals surface area contributed by atoms with E-state index in [-0.39, 0.29) is 41.6 Å². The molecule has 1 atom stereocenters. The number of aliphatic hydroxyl groups excluding tert-OH is 1. The Morgan fingerprint density at radius 2 is 2.06 bits per heavy atom. The van der Waals surface area contributed by atoms with Crippen LogP contribution in [0.2, 0.25) is 0 Å². The van der Waals surface area contributed by atoms with Gasteiger partial charge in [-0.1, -0.05) is 0 Å². The molecule has 9 heteroatoms. The fraction of sp³-hybridized carbons (Fsp3) is 0.407. The fourth-order valence-corrected chi connectivity index (χ4v) is 5.54. The van der Waals surface area contributed by atoms with Crippen LogP contribution in [0.1, 0.15) is 64.7 Å². The molecule has 1 aliphatic carbocycles. The zero-order valence-electron chi connectivity index (χ0n) is 20.2. The lowest BCUT2D eigenvalue weighted by Crippen LogP contribution is -2.37. The number of nitrogens with zero attached hydrogens (tertiary/aromatic N) is 3. The molecule has 36 heavy (non-hydrogen) atoms. The minimum absolute atomic E-state index is 0.0292. The first-order chi connectivity index (χ1) is 17.4. The first-order valence-electron chi connectivity index (χ1n) is 12.6. The van der Waals surface area contributed by atoms with Crippen LogP contribution < -0.4 is 16.2 Å². The number of hydrogen-bond donors (Lipinski definition) is 3. The molecule has 2 aliphatic heterocycles. The summed E-state index contributed by atoms with van der Waals surface area (Å²) in [5, 5.41) is 16.3. The minimum Gasteiger partial charge on any atom is -0.392 e. The Balaban J connectivity index is 1.39. The number of anilines is 1. The number of amides is 2. The minimum atomic E-state index is -0.380. The van der Waals surface area contributed by atoms with Crippen molar-refractivity contribution in [3.8, 4) is 11.1 Å². The maximum Gasteiger partial charge on any atom is 0.274 e. The van der Waals surface area contributed by atoms with Gasteiger partial charge >= 0.3 is 0 Å². The van der Waals surface area contributed by atoms with Crippen molar-refractivity contribution in [2.75, 3.05) is 5.32 Å². The predicted molar refractivity (Wildman–Crippen MR) is 133 cm³/mol. The number of carbonyl (C=O) groups is 2. The van der Waals surface area contributed by atoms with Crippen LogP contribution in [0.25, 0.3) is 11.1 Å². The average molecular weight is 488 g/mol. The van der Waals surface area contributed by atoms with Gasteiger partial charge in [-0.3, -0.25) is 19.4 Å². The van der Waals surface area contributed by atoms with Crippen LogP contribution in [0.4, 0.5) is 5.69 Å². The van der Waals surface area contributed by atoms with E-state index in [4.69, 9.17) is 0 Å². The van der Waals surface area contributed by atoms with Crippen molar-refractivity contribution in [2.24, 2.45) is 13.0 Å². The molecule has 6 rings (SSSR count). The van der Waals surface area contributed by atoms with E-state index in [0.717, 1.165) is 49.9 Å². The highest BCUT2D eigenvalue weighted by Gasteiger charge is 2.33. The third-order valence-electron chi connectivity index (χ3n) is 7.58. The Morgan fingerprint density at radius 1 is 1.22 bits per heavy atom. The average Bonchev–Trinajstić information content (AvgIpc) is 3.67. The van der Waals surface area contributed by atoms with E-state index in [1.54, 1.807) is 31.6 Å². The van der Waals surface area contributed by atoms with Gasteiger partial charge in [0.2, 0.25) is 5.91 Å². The zero-order valence-corrected chi connectivity index (χ0v) is 20.2. The summed E-state index contributed by atoms with van der Waals surface area (Å²) in [6.07, 6.45) is 8.84. The molecule has 1 unspecified atom stereocenters. The van der Waals surface area contributed by atoms with Crippen LogP contribution >= 0.6 is 0 Å². The second kappa shape index (κ2) is 8.74. The van der Waals surface area contributed by atoms with Gasteiger partial charge in [-0.25, -0.2) is 0 Å². The van der Waals surface area contributed by atoms with Gasteiger partial charge < -0.3 is 24.9 Å². The van der Waals surface area contributed by atoms with Gasteiger partial charge in [0.05, 0.1) is 23.9 Å². The number of pyridine rings is 2. The topological polar surface area (TPSA) is 118 Å². The van der Waals surface area contributed by atoms with Crippen LogP contribution in [0.3, 0.4) is 0 Å². The second-order valence-corrected chi connectivity index (χ2v) is 10.0.